The fourth-order valence-electron chi connectivity index (χ4n) is 2.74. The zero-order valence-electron chi connectivity index (χ0n) is 10.6. The molecule has 0 bridgehead atoms. The lowest BCUT2D eigenvalue weighted by Gasteiger charge is -2.26. The van der Waals surface area contributed by atoms with Crippen molar-refractivity contribution < 1.29 is 14.3 Å². The largest absolute Gasteiger partial charge is 0.454 e. The van der Waals surface area contributed by atoms with Crippen LogP contribution in [0.4, 0.5) is 5.69 Å². The molecule has 2 aromatic rings. The molecule has 20 heavy (non-hydrogen) atoms. The minimum atomic E-state index is 0.0122. The number of anilines is 1. The van der Waals surface area contributed by atoms with Crippen LogP contribution in [0.2, 0.25) is 0 Å². The summed E-state index contributed by atoms with van der Waals surface area (Å²) in [6.07, 6.45) is 3.92. The second-order valence-electron chi connectivity index (χ2n) is 4.88. The van der Waals surface area contributed by atoms with Crippen LogP contribution in [0.15, 0.2) is 36.7 Å². The number of nitrogens with zero attached hydrogens (tertiary/aromatic N) is 1. The minimum absolute atomic E-state index is 0.0122. The topological polar surface area (TPSA) is 60.5 Å². The molecule has 1 aromatic heterocycles. The summed E-state index contributed by atoms with van der Waals surface area (Å²) < 4.78 is 10.8. The molecular weight excluding hydrogens is 256 g/mol. The fraction of sp³-hybridized carbons (Fsp3) is 0.200. The number of rotatable bonds is 1. The zero-order valence-corrected chi connectivity index (χ0v) is 10.6. The first-order chi connectivity index (χ1) is 9.81. The maximum Gasteiger partial charge on any atom is 0.231 e. The van der Waals surface area contributed by atoms with Crippen LogP contribution in [-0.2, 0) is 4.79 Å². The van der Waals surface area contributed by atoms with Crippen LogP contribution in [0.1, 0.15) is 23.5 Å². The maximum absolute atomic E-state index is 11.9. The van der Waals surface area contributed by atoms with Crippen molar-refractivity contribution in [2.45, 2.75) is 12.3 Å². The summed E-state index contributed by atoms with van der Waals surface area (Å²) in [5, 5.41) is 2.90. The van der Waals surface area contributed by atoms with Gasteiger partial charge in [0, 0.05) is 36.5 Å². The van der Waals surface area contributed by atoms with Crippen molar-refractivity contribution in [1.82, 2.24) is 4.98 Å². The van der Waals surface area contributed by atoms with E-state index in [9.17, 15) is 4.79 Å². The highest BCUT2D eigenvalue weighted by molar-refractivity contribution is 5.96. The smallest absolute Gasteiger partial charge is 0.231 e. The molecule has 0 saturated heterocycles. The molecule has 3 heterocycles. The standard InChI is InChI=1S/C15H12N2O3/c18-15-6-10(9-1-3-16-4-2-9)11-5-13-14(20-8-19-13)7-12(11)17-15/h1-5,7,10H,6,8H2,(H,17,18)/t10-/m0/s1. The summed E-state index contributed by atoms with van der Waals surface area (Å²) in [7, 11) is 0. The Bertz CT molecular complexity index is 685. The number of hydrogen-bond donors (Lipinski definition) is 1. The number of pyridine rings is 1. The first kappa shape index (κ1) is 11.3. The van der Waals surface area contributed by atoms with Gasteiger partial charge in [-0.25, -0.2) is 0 Å². The van der Waals surface area contributed by atoms with Gasteiger partial charge < -0.3 is 14.8 Å². The first-order valence-electron chi connectivity index (χ1n) is 6.44. The Kier molecular flexibility index (Phi) is 2.39. The quantitative estimate of drug-likeness (QED) is 0.862. The Labute approximate surface area is 115 Å². The van der Waals surface area contributed by atoms with Gasteiger partial charge in [-0.3, -0.25) is 9.78 Å². The molecule has 2 aliphatic heterocycles. The highest BCUT2D eigenvalue weighted by atomic mass is 16.7. The average molecular weight is 268 g/mol. The SMILES string of the molecule is O=C1C[C@@H](c2ccncc2)c2cc3c(cc2N1)OCO3. The van der Waals surface area contributed by atoms with Crippen molar-refractivity contribution in [3.05, 3.63) is 47.8 Å². The third-order valence-corrected chi connectivity index (χ3v) is 3.69. The van der Waals surface area contributed by atoms with Crippen molar-refractivity contribution in [2.24, 2.45) is 0 Å². The molecule has 5 nitrogen and oxygen atoms in total. The molecule has 0 aliphatic carbocycles. The van der Waals surface area contributed by atoms with E-state index in [-0.39, 0.29) is 18.6 Å². The molecule has 0 saturated carbocycles. The Morgan fingerprint density at radius 2 is 1.90 bits per heavy atom. The van der Waals surface area contributed by atoms with Crippen LogP contribution in [0, 0.1) is 0 Å². The lowest BCUT2D eigenvalue weighted by atomic mass is 9.85. The van der Waals surface area contributed by atoms with E-state index in [1.807, 2.05) is 24.3 Å². The average Bonchev–Trinajstić information content (AvgIpc) is 2.92. The van der Waals surface area contributed by atoms with Gasteiger partial charge in [0.2, 0.25) is 12.7 Å². The lowest BCUT2D eigenvalue weighted by Crippen LogP contribution is -2.23. The Morgan fingerprint density at radius 1 is 1.15 bits per heavy atom. The second kappa shape index (κ2) is 4.23. The normalized spacial score (nSPS) is 19.4. The summed E-state index contributed by atoms with van der Waals surface area (Å²) in [5.41, 5.74) is 2.93. The summed E-state index contributed by atoms with van der Waals surface area (Å²) in [6.45, 7) is 0.228. The number of benzene rings is 1. The van der Waals surface area contributed by atoms with E-state index in [0.717, 1.165) is 22.6 Å². The molecule has 0 radical (unpaired) electrons. The molecule has 1 aromatic carbocycles. The van der Waals surface area contributed by atoms with Gasteiger partial charge in [0.15, 0.2) is 11.5 Å². The Balaban J connectivity index is 1.86. The van der Waals surface area contributed by atoms with E-state index in [1.165, 1.54) is 0 Å². The number of ether oxygens (including phenoxy) is 2. The molecule has 1 amide bonds. The van der Waals surface area contributed by atoms with Gasteiger partial charge in [0.05, 0.1) is 0 Å². The van der Waals surface area contributed by atoms with Crippen molar-refractivity contribution in [3.63, 3.8) is 0 Å². The lowest BCUT2D eigenvalue weighted by molar-refractivity contribution is -0.116. The number of nitrogens with one attached hydrogen (secondary N) is 1. The van der Waals surface area contributed by atoms with Crippen molar-refractivity contribution >= 4 is 11.6 Å². The van der Waals surface area contributed by atoms with Gasteiger partial charge in [-0.2, -0.15) is 0 Å². The number of fused-ring (bicyclic) bond motifs is 2. The molecule has 0 spiro atoms. The van der Waals surface area contributed by atoms with E-state index < -0.39 is 0 Å². The molecule has 0 unspecified atom stereocenters. The number of carbonyl (C=O) groups is 1. The monoisotopic (exact) mass is 268 g/mol. The molecular formula is C15H12N2O3. The molecule has 1 N–H and O–H groups in total. The zero-order chi connectivity index (χ0) is 13.5. The summed E-state index contributed by atoms with van der Waals surface area (Å²) in [5.74, 6) is 1.45. The number of hydrogen-bond acceptors (Lipinski definition) is 4. The highest BCUT2D eigenvalue weighted by Gasteiger charge is 2.29. The van der Waals surface area contributed by atoms with E-state index in [0.29, 0.717) is 12.2 Å². The van der Waals surface area contributed by atoms with E-state index >= 15 is 0 Å². The molecule has 100 valence electrons. The summed E-state index contributed by atoms with van der Waals surface area (Å²) in [6, 6.07) is 7.68. The summed E-state index contributed by atoms with van der Waals surface area (Å²) >= 11 is 0. The van der Waals surface area contributed by atoms with Crippen LogP contribution in [-0.4, -0.2) is 17.7 Å². The number of carbonyl (C=O) groups excluding carboxylic acids is 1. The van der Waals surface area contributed by atoms with Crippen LogP contribution >= 0.6 is 0 Å². The van der Waals surface area contributed by atoms with Gasteiger partial charge in [0.25, 0.3) is 0 Å². The fourth-order valence-corrected chi connectivity index (χ4v) is 2.74. The van der Waals surface area contributed by atoms with Crippen LogP contribution in [0.25, 0.3) is 0 Å². The van der Waals surface area contributed by atoms with Gasteiger partial charge in [-0.15, -0.1) is 0 Å². The molecule has 1 atom stereocenters. The van der Waals surface area contributed by atoms with Crippen LogP contribution in [0.5, 0.6) is 11.5 Å². The number of aromatic nitrogens is 1. The van der Waals surface area contributed by atoms with Crippen LogP contribution in [0.3, 0.4) is 0 Å². The Hall–Kier alpha value is -2.56. The first-order valence-corrected chi connectivity index (χ1v) is 6.44. The van der Waals surface area contributed by atoms with E-state index in [1.54, 1.807) is 12.4 Å². The minimum Gasteiger partial charge on any atom is -0.454 e. The van der Waals surface area contributed by atoms with Gasteiger partial charge >= 0.3 is 0 Å². The third kappa shape index (κ3) is 1.71. The molecule has 0 fully saturated rings. The second-order valence-corrected chi connectivity index (χ2v) is 4.88. The maximum atomic E-state index is 11.9. The van der Waals surface area contributed by atoms with E-state index in [4.69, 9.17) is 9.47 Å². The van der Waals surface area contributed by atoms with Gasteiger partial charge in [-0.1, -0.05) is 0 Å². The van der Waals surface area contributed by atoms with Gasteiger partial charge in [0.1, 0.15) is 0 Å². The van der Waals surface area contributed by atoms with E-state index in [2.05, 4.69) is 10.3 Å². The molecule has 2 aliphatic rings. The third-order valence-electron chi connectivity index (χ3n) is 3.69. The van der Waals surface area contributed by atoms with Crippen molar-refractivity contribution in [2.75, 3.05) is 12.1 Å². The highest BCUT2D eigenvalue weighted by Crippen LogP contribution is 2.44. The van der Waals surface area contributed by atoms with Crippen LogP contribution < -0.4 is 14.8 Å². The van der Waals surface area contributed by atoms with Gasteiger partial charge in [-0.05, 0) is 29.3 Å². The Morgan fingerprint density at radius 3 is 2.70 bits per heavy atom. The van der Waals surface area contributed by atoms with Crippen molar-refractivity contribution in [1.29, 1.82) is 0 Å². The number of amides is 1. The predicted molar refractivity (Wildman–Crippen MR) is 71.9 cm³/mol. The molecule has 4 rings (SSSR count). The van der Waals surface area contributed by atoms with Crippen molar-refractivity contribution in [3.8, 4) is 11.5 Å². The molecule has 5 heteroatoms. The predicted octanol–water partition coefficient (Wildman–Crippen LogP) is 2.28. The summed E-state index contributed by atoms with van der Waals surface area (Å²) in [4.78, 5) is 15.9.